The van der Waals surface area contributed by atoms with E-state index in [1.807, 2.05) is 78.9 Å². The topological polar surface area (TPSA) is 113 Å². The summed E-state index contributed by atoms with van der Waals surface area (Å²) in [5.74, 6) is 0.298. The van der Waals surface area contributed by atoms with Crippen LogP contribution in [0.25, 0.3) is 39.2 Å². The van der Waals surface area contributed by atoms with Gasteiger partial charge in [0.1, 0.15) is 0 Å². The smallest absolute Gasteiger partial charge is 0.337 e. The second kappa shape index (κ2) is 8.43. The highest BCUT2D eigenvalue weighted by Crippen LogP contribution is 2.34. The average Bonchev–Trinajstić information content (AvgIpc) is 3.53. The number of rotatable bonds is 6. The van der Waals surface area contributed by atoms with Crippen LogP contribution in [0.5, 0.6) is 0 Å². The monoisotopic (exact) mass is 453 g/mol. The summed E-state index contributed by atoms with van der Waals surface area (Å²) in [6.07, 6.45) is 0. The first-order chi connectivity index (χ1) is 16.5. The molecule has 9 nitrogen and oxygen atoms in total. The fourth-order valence-corrected chi connectivity index (χ4v) is 4.12. The lowest BCUT2D eigenvalue weighted by atomic mass is 9.99. The maximum absolute atomic E-state index is 12.1. The molecule has 0 aliphatic rings. The van der Waals surface area contributed by atoms with Gasteiger partial charge in [0, 0.05) is 24.8 Å². The minimum absolute atomic E-state index is 0.219. The molecule has 0 bridgehead atoms. The standard InChI is InChI=1S/C25H23N7O2/c1-4-31(3)25-26-21-15(2)9-14-20(24(33)34)22(21)32(25)17-12-10-16(11-13-17)18-7-5-6-8-19(18)23-27-29-30-28-23/h5-14H,4H2,1-3H3,(H,33,34)(H,27,28,29,30). The normalized spacial score (nSPS) is 11.1. The molecule has 0 aliphatic carbocycles. The molecule has 3 aromatic carbocycles. The molecule has 0 unspecified atom stereocenters. The molecule has 0 amide bonds. The molecule has 0 radical (unpaired) electrons. The van der Waals surface area contributed by atoms with E-state index in [4.69, 9.17) is 4.98 Å². The van der Waals surface area contributed by atoms with Gasteiger partial charge in [-0.05, 0) is 59.2 Å². The predicted octanol–water partition coefficient (Wildman–Crippen LogP) is 4.34. The summed E-state index contributed by atoms with van der Waals surface area (Å²) in [6, 6.07) is 19.3. The second-order valence-corrected chi connectivity index (χ2v) is 8.04. The number of tetrazole rings is 1. The van der Waals surface area contributed by atoms with E-state index in [1.54, 1.807) is 12.1 Å². The van der Waals surface area contributed by atoms with E-state index in [0.717, 1.165) is 34.5 Å². The lowest BCUT2D eigenvalue weighted by molar-refractivity contribution is 0.0698. The summed E-state index contributed by atoms with van der Waals surface area (Å²) in [7, 11) is 1.95. The highest BCUT2D eigenvalue weighted by molar-refractivity contribution is 6.03. The van der Waals surface area contributed by atoms with Crippen LogP contribution in [0.3, 0.4) is 0 Å². The van der Waals surface area contributed by atoms with Gasteiger partial charge in [-0.2, -0.15) is 0 Å². The third kappa shape index (κ3) is 3.47. The van der Waals surface area contributed by atoms with Crippen molar-refractivity contribution in [3.63, 3.8) is 0 Å². The molecule has 0 saturated carbocycles. The summed E-state index contributed by atoms with van der Waals surface area (Å²) < 4.78 is 1.92. The van der Waals surface area contributed by atoms with Crippen molar-refractivity contribution in [3.05, 3.63) is 71.8 Å². The van der Waals surface area contributed by atoms with Crippen LogP contribution in [-0.2, 0) is 0 Å². The van der Waals surface area contributed by atoms with Gasteiger partial charge in [0.2, 0.25) is 5.95 Å². The van der Waals surface area contributed by atoms with Crippen LogP contribution in [0.2, 0.25) is 0 Å². The quantitative estimate of drug-likeness (QED) is 0.393. The minimum Gasteiger partial charge on any atom is -0.478 e. The van der Waals surface area contributed by atoms with Crippen LogP contribution in [0.4, 0.5) is 5.95 Å². The highest BCUT2D eigenvalue weighted by Gasteiger charge is 2.22. The maximum atomic E-state index is 12.1. The van der Waals surface area contributed by atoms with Crippen molar-refractivity contribution >= 4 is 23.0 Å². The van der Waals surface area contributed by atoms with Crippen molar-refractivity contribution in [1.29, 1.82) is 0 Å². The van der Waals surface area contributed by atoms with Gasteiger partial charge < -0.3 is 10.0 Å². The fourth-order valence-electron chi connectivity index (χ4n) is 4.12. The fraction of sp³-hybridized carbons (Fsp3) is 0.160. The van der Waals surface area contributed by atoms with Crippen LogP contribution in [0.15, 0.2) is 60.7 Å². The Bertz CT molecular complexity index is 1490. The van der Waals surface area contributed by atoms with Crippen molar-refractivity contribution in [3.8, 4) is 28.2 Å². The van der Waals surface area contributed by atoms with E-state index in [0.29, 0.717) is 22.8 Å². The Morgan fingerprint density at radius 2 is 1.79 bits per heavy atom. The third-order valence-electron chi connectivity index (χ3n) is 6.00. The molecule has 0 spiro atoms. The number of hydrogen-bond acceptors (Lipinski definition) is 6. The molecule has 0 aliphatic heterocycles. The zero-order chi connectivity index (χ0) is 23.8. The molecule has 5 aromatic rings. The molecular formula is C25H23N7O2. The van der Waals surface area contributed by atoms with Crippen LogP contribution in [0.1, 0.15) is 22.8 Å². The molecule has 9 heteroatoms. The number of carboxylic acid groups (broad SMARTS) is 1. The molecular weight excluding hydrogens is 430 g/mol. The van der Waals surface area contributed by atoms with Gasteiger partial charge in [-0.25, -0.2) is 14.9 Å². The summed E-state index contributed by atoms with van der Waals surface area (Å²) in [5, 5.41) is 24.1. The Morgan fingerprint density at radius 3 is 2.44 bits per heavy atom. The first-order valence-electron chi connectivity index (χ1n) is 10.9. The molecule has 0 atom stereocenters. The van der Waals surface area contributed by atoms with Crippen LogP contribution >= 0.6 is 0 Å². The van der Waals surface area contributed by atoms with Gasteiger partial charge in [-0.15, -0.1) is 5.10 Å². The van der Waals surface area contributed by atoms with Gasteiger partial charge in [0.15, 0.2) is 5.82 Å². The summed E-state index contributed by atoms with van der Waals surface area (Å²) in [5.41, 5.74) is 6.10. The first kappa shape index (κ1) is 21.3. The van der Waals surface area contributed by atoms with Crippen molar-refractivity contribution < 1.29 is 9.90 Å². The van der Waals surface area contributed by atoms with Crippen molar-refractivity contribution in [2.45, 2.75) is 13.8 Å². The molecule has 170 valence electrons. The lowest BCUT2D eigenvalue weighted by Crippen LogP contribution is -2.20. The van der Waals surface area contributed by atoms with E-state index in [-0.39, 0.29) is 5.56 Å². The average molecular weight is 454 g/mol. The number of benzene rings is 3. The predicted molar refractivity (Wildman–Crippen MR) is 130 cm³/mol. The SMILES string of the molecule is CCN(C)c1nc2c(C)ccc(C(=O)O)c2n1-c1ccc(-c2ccccc2-c2nnn[nH]2)cc1. The van der Waals surface area contributed by atoms with Crippen molar-refractivity contribution in [2.75, 3.05) is 18.5 Å². The molecule has 34 heavy (non-hydrogen) atoms. The molecule has 5 rings (SSSR count). The number of H-pyrrole nitrogens is 1. The number of imidazole rings is 1. The van der Waals surface area contributed by atoms with E-state index in [1.165, 1.54) is 0 Å². The lowest BCUT2D eigenvalue weighted by Gasteiger charge is -2.19. The number of nitrogens with one attached hydrogen (secondary N) is 1. The van der Waals surface area contributed by atoms with Crippen molar-refractivity contribution in [1.82, 2.24) is 30.2 Å². The Morgan fingerprint density at radius 1 is 1.06 bits per heavy atom. The van der Waals surface area contributed by atoms with Gasteiger partial charge in [-0.1, -0.05) is 42.5 Å². The van der Waals surface area contributed by atoms with Crippen LogP contribution in [0, 0.1) is 6.92 Å². The Hall–Kier alpha value is -4.53. The molecule has 0 fully saturated rings. The van der Waals surface area contributed by atoms with Gasteiger partial charge in [-0.3, -0.25) is 4.57 Å². The molecule has 2 aromatic heterocycles. The van der Waals surface area contributed by atoms with Crippen LogP contribution in [-0.4, -0.2) is 54.8 Å². The number of carbonyl (C=O) groups is 1. The van der Waals surface area contributed by atoms with Gasteiger partial charge >= 0.3 is 5.97 Å². The van der Waals surface area contributed by atoms with E-state index < -0.39 is 5.97 Å². The minimum atomic E-state index is -0.983. The number of hydrogen-bond donors (Lipinski definition) is 2. The third-order valence-corrected chi connectivity index (χ3v) is 6.00. The van der Waals surface area contributed by atoms with E-state index in [2.05, 4.69) is 20.6 Å². The Balaban J connectivity index is 1.69. The Labute approximate surface area is 195 Å². The van der Waals surface area contributed by atoms with Crippen molar-refractivity contribution in [2.24, 2.45) is 0 Å². The number of nitrogens with zero attached hydrogens (tertiary/aromatic N) is 6. The number of carboxylic acids is 1. The highest BCUT2D eigenvalue weighted by atomic mass is 16.4. The number of fused-ring (bicyclic) bond motifs is 1. The molecule has 2 N–H and O–H groups in total. The van der Waals surface area contributed by atoms with E-state index in [9.17, 15) is 9.90 Å². The van der Waals surface area contributed by atoms with Gasteiger partial charge in [0.05, 0.1) is 16.6 Å². The number of aromatic carboxylic acids is 1. The summed E-state index contributed by atoms with van der Waals surface area (Å²) in [6.45, 7) is 4.70. The summed E-state index contributed by atoms with van der Waals surface area (Å²) in [4.78, 5) is 18.9. The van der Waals surface area contributed by atoms with E-state index >= 15 is 0 Å². The second-order valence-electron chi connectivity index (χ2n) is 8.04. The zero-order valence-corrected chi connectivity index (χ0v) is 19.0. The first-order valence-corrected chi connectivity index (χ1v) is 10.9. The largest absolute Gasteiger partial charge is 0.478 e. The molecule has 2 heterocycles. The van der Waals surface area contributed by atoms with Crippen LogP contribution < -0.4 is 4.90 Å². The number of anilines is 1. The number of aromatic amines is 1. The molecule has 0 saturated heterocycles. The zero-order valence-electron chi connectivity index (χ0n) is 19.0. The summed E-state index contributed by atoms with van der Waals surface area (Å²) >= 11 is 0. The number of aromatic nitrogens is 6. The Kier molecular flexibility index (Phi) is 5.29. The van der Waals surface area contributed by atoms with Gasteiger partial charge in [0.25, 0.3) is 0 Å². The number of aryl methyl sites for hydroxylation is 1. The maximum Gasteiger partial charge on any atom is 0.337 e.